The van der Waals surface area contributed by atoms with E-state index in [4.69, 9.17) is 9.84 Å². The molecule has 4 bridgehead atoms. The van der Waals surface area contributed by atoms with E-state index in [9.17, 15) is 31.1 Å². The number of ether oxygens (including phenoxy) is 2. The highest BCUT2D eigenvalue weighted by Crippen LogP contribution is 2.64. The smallest absolute Gasteiger partial charge is 0.453 e. The standard InChI is InChI=1S/C20H26F6O4/c1-11(10-29-18(28,19(21,22)23)20(24,25)26)15(27)30-16(2,3)17-7-12-4-13(8-17)6-14(5-12)9-17/h12-14,28H,1,4-10H2,2-3H3. The molecule has 0 atom stereocenters. The first kappa shape index (κ1) is 23.4. The van der Waals surface area contributed by atoms with Crippen LogP contribution in [0.15, 0.2) is 12.2 Å². The lowest BCUT2D eigenvalue weighted by Gasteiger charge is -2.61. The summed E-state index contributed by atoms with van der Waals surface area (Å²) < 4.78 is 85.5. The lowest BCUT2D eigenvalue weighted by Crippen LogP contribution is -2.59. The SMILES string of the molecule is C=C(COC(O)(C(F)(F)F)C(F)(F)F)C(=O)OC(C)(C)C12CC3CC(CC(C3)C1)C2. The van der Waals surface area contributed by atoms with Gasteiger partial charge >= 0.3 is 24.1 Å². The highest BCUT2D eigenvalue weighted by Gasteiger charge is 2.72. The maximum absolute atomic E-state index is 12.7. The Labute approximate surface area is 170 Å². The molecule has 4 aliphatic rings. The molecule has 4 nitrogen and oxygen atoms in total. The Morgan fingerprint density at radius 2 is 1.37 bits per heavy atom. The van der Waals surface area contributed by atoms with Crippen LogP contribution >= 0.6 is 0 Å². The molecule has 0 aromatic rings. The minimum absolute atomic E-state index is 0.267. The zero-order valence-corrected chi connectivity index (χ0v) is 16.8. The van der Waals surface area contributed by atoms with Crippen molar-refractivity contribution in [2.75, 3.05) is 6.61 Å². The zero-order valence-electron chi connectivity index (χ0n) is 16.8. The lowest BCUT2D eigenvalue weighted by atomic mass is 9.46. The van der Waals surface area contributed by atoms with Crippen LogP contribution in [0.4, 0.5) is 26.3 Å². The molecule has 4 aliphatic carbocycles. The van der Waals surface area contributed by atoms with E-state index in [1.807, 2.05) is 0 Å². The lowest BCUT2D eigenvalue weighted by molar-refractivity contribution is -0.455. The predicted octanol–water partition coefficient (Wildman–Crippen LogP) is 4.91. The number of hydrogen-bond donors (Lipinski definition) is 1. The average Bonchev–Trinajstić information content (AvgIpc) is 2.55. The molecule has 0 radical (unpaired) electrons. The van der Waals surface area contributed by atoms with Gasteiger partial charge in [-0.05, 0) is 70.1 Å². The van der Waals surface area contributed by atoms with Crippen LogP contribution in [0.25, 0.3) is 0 Å². The Balaban J connectivity index is 1.66. The van der Waals surface area contributed by atoms with Crippen LogP contribution in [0, 0.1) is 23.2 Å². The van der Waals surface area contributed by atoms with E-state index in [-0.39, 0.29) is 5.41 Å². The third kappa shape index (κ3) is 3.85. The summed E-state index contributed by atoms with van der Waals surface area (Å²) in [6.45, 7) is 5.19. The van der Waals surface area contributed by atoms with Gasteiger partial charge in [0.2, 0.25) is 0 Å². The molecule has 4 fully saturated rings. The monoisotopic (exact) mass is 444 g/mol. The summed E-state index contributed by atoms with van der Waals surface area (Å²) in [4.78, 5) is 12.4. The molecule has 0 saturated heterocycles. The maximum Gasteiger partial charge on any atom is 0.453 e. The average molecular weight is 444 g/mol. The first-order chi connectivity index (χ1) is 13.5. The first-order valence-corrected chi connectivity index (χ1v) is 9.90. The highest BCUT2D eigenvalue weighted by atomic mass is 19.4. The fourth-order valence-electron chi connectivity index (χ4n) is 5.84. The third-order valence-corrected chi connectivity index (χ3v) is 7.18. The van der Waals surface area contributed by atoms with Gasteiger partial charge in [-0.15, -0.1) is 0 Å². The molecule has 0 amide bonds. The van der Waals surface area contributed by atoms with Gasteiger partial charge < -0.3 is 14.6 Å². The van der Waals surface area contributed by atoms with Gasteiger partial charge in [-0.25, -0.2) is 4.79 Å². The van der Waals surface area contributed by atoms with Gasteiger partial charge in [-0.2, -0.15) is 26.3 Å². The quantitative estimate of drug-likeness (QED) is 0.274. The molecule has 0 aromatic heterocycles. The van der Waals surface area contributed by atoms with Crippen molar-refractivity contribution in [3.63, 3.8) is 0 Å². The number of carbonyl (C=O) groups is 1. The Bertz CT molecular complexity index is 660. The topological polar surface area (TPSA) is 55.8 Å². The predicted molar refractivity (Wildman–Crippen MR) is 92.9 cm³/mol. The molecule has 172 valence electrons. The molecular weight excluding hydrogens is 418 g/mol. The number of esters is 1. The van der Waals surface area contributed by atoms with Crippen molar-refractivity contribution in [3.05, 3.63) is 12.2 Å². The van der Waals surface area contributed by atoms with E-state index in [1.165, 1.54) is 0 Å². The fraction of sp³-hybridized carbons (Fsp3) is 0.850. The summed E-state index contributed by atoms with van der Waals surface area (Å²) in [6, 6.07) is 0. The Hall–Kier alpha value is -1.29. The van der Waals surface area contributed by atoms with Crippen LogP contribution in [-0.2, 0) is 14.3 Å². The number of alkyl halides is 6. The molecular formula is C20H26F6O4. The Kier molecular flexibility index (Phi) is 5.54. The molecule has 4 saturated carbocycles. The summed E-state index contributed by atoms with van der Waals surface area (Å²) in [5.41, 5.74) is -1.97. The summed E-state index contributed by atoms with van der Waals surface area (Å²) in [6.07, 6.45) is -6.20. The number of aliphatic hydroxyl groups is 1. The van der Waals surface area contributed by atoms with Crippen molar-refractivity contribution >= 4 is 5.97 Å². The summed E-state index contributed by atoms with van der Waals surface area (Å²) >= 11 is 0. The molecule has 0 aromatic carbocycles. The summed E-state index contributed by atoms with van der Waals surface area (Å²) in [5.74, 6) is -4.89. The van der Waals surface area contributed by atoms with E-state index in [1.54, 1.807) is 13.8 Å². The van der Waals surface area contributed by atoms with Crippen molar-refractivity contribution in [1.29, 1.82) is 0 Å². The van der Waals surface area contributed by atoms with E-state index < -0.39 is 41.9 Å². The first-order valence-electron chi connectivity index (χ1n) is 9.90. The second kappa shape index (κ2) is 7.12. The Morgan fingerprint density at radius 1 is 0.967 bits per heavy atom. The minimum Gasteiger partial charge on any atom is -0.456 e. The minimum atomic E-state index is -6.14. The molecule has 0 unspecified atom stereocenters. The van der Waals surface area contributed by atoms with Crippen LogP contribution in [0.3, 0.4) is 0 Å². The highest BCUT2D eigenvalue weighted by molar-refractivity contribution is 5.88. The molecule has 4 rings (SSSR count). The molecule has 30 heavy (non-hydrogen) atoms. The van der Waals surface area contributed by atoms with Crippen LogP contribution in [0.5, 0.6) is 0 Å². The van der Waals surface area contributed by atoms with Crippen molar-refractivity contribution in [1.82, 2.24) is 0 Å². The van der Waals surface area contributed by atoms with Gasteiger partial charge in [0.15, 0.2) is 0 Å². The molecule has 0 heterocycles. The zero-order chi connectivity index (χ0) is 22.8. The van der Waals surface area contributed by atoms with Gasteiger partial charge in [0, 0.05) is 5.41 Å². The third-order valence-electron chi connectivity index (χ3n) is 7.18. The van der Waals surface area contributed by atoms with Gasteiger partial charge in [-0.3, -0.25) is 0 Å². The van der Waals surface area contributed by atoms with Crippen molar-refractivity contribution in [2.24, 2.45) is 23.2 Å². The maximum atomic E-state index is 12.7. The number of carbonyl (C=O) groups excluding carboxylic acids is 1. The van der Waals surface area contributed by atoms with Gasteiger partial charge in [0.25, 0.3) is 0 Å². The largest absolute Gasteiger partial charge is 0.456 e. The van der Waals surface area contributed by atoms with E-state index in [0.29, 0.717) is 17.8 Å². The normalized spacial score (nSPS) is 31.7. The molecule has 1 N–H and O–H groups in total. The van der Waals surface area contributed by atoms with Gasteiger partial charge in [0.1, 0.15) is 5.60 Å². The van der Waals surface area contributed by atoms with Crippen LogP contribution in [-0.4, -0.2) is 41.4 Å². The Morgan fingerprint density at radius 3 is 1.73 bits per heavy atom. The number of rotatable bonds is 6. The van der Waals surface area contributed by atoms with E-state index in [0.717, 1.165) is 38.5 Å². The van der Waals surface area contributed by atoms with Crippen molar-refractivity contribution in [3.8, 4) is 0 Å². The fourth-order valence-corrected chi connectivity index (χ4v) is 5.84. The number of halogens is 6. The second-order valence-electron chi connectivity index (χ2n) is 9.63. The summed E-state index contributed by atoms with van der Waals surface area (Å²) in [5, 5.41) is 9.04. The molecule has 0 spiro atoms. The second-order valence-corrected chi connectivity index (χ2v) is 9.63. The van der Waals surface area contributed by atoms with Gasteiger partial charge in [-0.1, -0.05) is 6.58 Å². The van der Waals surface area contributed by atoms with Crippen LogP contribution in [0.1, 0.15) is 52.4 Å². The van der Waals surface area contributed by atoms with Crippen molar-refractivity contribution in [2.45, 2.75) is 76.1 Å². The van der Waals surface area contributed by atoms with Gasteiger partial charge in [0.05, 0.1) is 12.2 Å². The molecule has 10 heteroatoms. The van der Waals surface area contributed by atoms with Crippen molar-refractivity contribution < 1.29 is 45.7 Å². The van der Waals surface area contributed by atoms with E-state index >= 15 is 0 Å². The number of hydrogen-bond acceptors (Lipinski definition) is 4. The van der Waals surface area contributed by atoms with Crippen LogP contribution in [0.2, 0.25) is 0 Å². The van der Waals surface area contributed by atoms with Crippen LogP contribution < -0.4 is 0 Å². The summed E-state index contributed by atoms with van der Waals surface area (Å²) in [7, 11) is 0. The van der Waals surface area contributed by atoms with E-state index in [2.05, 4.69) is 11.3 Å². The molecule has 0 aliphatic heterocycles.